The Hall–Kier alpha value is -3.44. The largest absolute Gasteiger partial charge is 0.461 e. The molecule has 0 atom stereocenters. The molecule has 178 valence electrons. The Morgan fingerprint density at radius 3 is 2.60 bits per heavy atom. The molecule has 1 N–H and O–H groups in total. The van der Waals surface area contributed by atoms with Crippen LogP contribution in [0.15, 0.2) is 52.9 Å². The van der Waals surface area contributed by atoms with Gasteiger partial charge in [0.1, 0.15) is 11.5 Å². The first kappa shape index (κ1) is 22.1. The van der Waals surface area contributed by atoms with E-state index in [0.29, 0.717) is 17.7 Å². The molecule has 3 aromatic rings. The zero-order chi connectivity index (χ0) is 23.8. The van der Waals surface area contributed by atoms with Crippen LogP contribution in [0, 0.1) is 0 Å². The van der Waals surface area contributed by atoms with E-state index in [-0.39, 0.29) is 11.7 Å². The van der Waals surface area contributed by atoms with Crippen LogP contribution >= 0.6 is 0 Å². The van der Waals surface area contributed by atoms with Crippen LogP contribution in [-0.4, -0.2) is 36.2 Å². The van der Waals surface area contributed by atoms with Gasteiger partial charge in [-0.15, -0.1) is 0 Å². The summed E-state index contributed by atoms with van der Waals surface area (Å²) in [5, 5.41) is 2.97. The lowest BCUT2D eigenvalue weighted by Gasteiger charge is -2.25. The van der Waals surface area contributed by atoms with Gasteiger partial charge in [-0.3, -0.25) is 14.5 Å². The monoisotopic (exact) mass is 466 g/mol. The summed E-state index contributed by atoms with van der Waals surface area (Å²) in [6.07, 6.45) is 9.61. The van der Waals surface area contributed by atoms with Crippen molar-refractivity contribution in [3.05, 3.63) is 76.7 Å². The topological polar surface area (TPSA) is 62.6 Å². The number of hydrogen-bond acceptors (Lipinski definition) is 4. The van der Waals surface area contributed by atoms with Crippen molar-refractivity contribution in [3.8, 4) is 11.1 Å². The smallest absolute Gasteiger partial charge is 0.256 e. The maximum atomic E-state index is 13.0. The maximum absolute atomic E-state index is 13.0. The van der Waals surface area contributed by atoms with E-state index in [4.69, 9.17) is 4.42 Å². The third-order valence-corrected chi connectivity index (χ3v) is 7.48. The molecule has 0 spiro atoms. The fourth-order valence-electron chi connectivity index (χ4n) is 5.66. The van der Waals surface area contributed by atoms with Crippen molar-refractivity contribution in [1.29, 1.82) is 0 Å². The molecular formula is C30H30N2O3. The van der Waals surface area contributed by atoms with Gasteiger partial charge in [0.25, 0.3) is 5.91 Å². The van der Waals surface area contributed by atoms with Crippen molar-refractivity contribution in [2.75, 3.05) is 25.0 Å². The van der Waals surface area contributed by atoms with Crippen LogP contribution in [-0.2, 0) is 17.6 Å². The molecule has 5 heteroatoms. The maximum Gasteiger partial charge on any atom is 0.256 e. The van der Waals surface area contributed by atoms with E-state index in [2.05, 4.69) is 22.3 Å². The standard InChI is InChI=1S/C30H30N2O3/c33-26(19-32-15-7-2-8-16-32)21-13-14-25-23(17-21)24(30(34)31-25)18-28-29(20-9-3-1-4-10-20)22-11-5-6-12-27(22)35-28/h1,3-4,9-10,13-14,17-18H,2,5-8,11-12,15-16,19H2,(H,31,34). The Bertz CT molecular complexity index is 1310. The van der Waals surface area contributed by atoms with Gasteiger partial charge in [0.05, 0.1) is 12.1 Å². The molecule has 1 aliphatic carbocycles. The number of carbonyl (C=O) groups is 2. The SMILES string of the molecule is O=C1Nc2ccc(C(=O)CN3CCCCC3)cc2C1=Cc1oc2c(c1-c1ccccc1)CCCC2. The molecule has 6 rings (SSSR count). The van der Waals surface area contributed by atoms with Gasteiger partial charge in [0.15, 0.2) is 5.78 Å². The summed E-state index contributed by atoms with van der Waals surface area (Å²) in [4.78, 5) is 28.3. The zero-order valence-electron chi connectivity index (χ0n) is 19.9. The van der Waals surface area contributed by atoms with Crippen LogP contribution < -0.4 is 5.32 Å². The summed E-state index contributed by atoms with van der Waals surface area (Å²) in [5.74, 6) is 1.71. The molecule has 2 aliphatic heterocycles. The second kappa shape index (κ2) is 9.31. The summed E-state index contributed by atoms with van der Waals surface area (Å²) in [7, 11) is 0. The highest BCUT2D eigenvalue weighted by atomic mass is 16.3. The highest BCUT2D eigenvalue weighted by Gasteiger charge is 2.29. The van der Waals surface area contributed by atoms with Crippen LogP contribution in [0.25, 0.3) is 22.8 Å². The normalized spacial score (nSPS) is 18.9. The van der Waals surface area contributed by atoms with Crippen LogP contribution in [0.4, 0.5) is 5.69 Å². The molecule has 35 heavy (non-hydrogen) atoms. The molecule has 2 aromatic carbocycles. The number of benzene rings is 2. The van der Waals surface area contributed by atoms with Crippen molar-refractivity contribution in [2.45, 2.75) is 44.9 Å². The number of aryl methyl sites for hydroxylation is 1. The lowest BCUT2D eigenvalue weighted by molar-refractivity contribution is -0.110. The number of rotatable bonds is 5. The van der Waals surface area contributed by atoms with Gasteiger partial charge in [-0.2, -0.15) is 0 Å². The number of furan rings is 1. The van der Waals surface area contributed by atoms with Crippen molar-refractivity contribution in [2.24, 2.45) is 0 Å². The highest BCUT2D eigenvalue weighted by Crippen LogP contribution is 2.41. The van der Waals surface area contributed by atoms with Gasteiger partial charge in [-0.05, 0) is 75.0 Å². The number of anilines is 1. The number of carbonyl (C=O) groups excluding carboxylic acids is 2. The summed E-state index contributed by atoms with van der Waals surface area (Å²) in [5.41, 5.74) is 6.18. The molecule has 3 heterocycles. The van der Waals surface area contributed by atoms with Gasteiger partial charge in [0, 0.05) is 34.4 Å². The first-order valence-electron chi connectivity index (χ1n) is 12.8. The molecule has 0 unspecified atom stereocenters. The van der Waals surface area contributed by atoms with Crippen molar-refractivity contribution >= 4 is 29.0 Å². The van der Waals surface area contributed by atoms with E-state index in [0.717, 1.165) is 85.5 Å². The average molecular weight is 467 g/mol. The summed E-state index contributed by atoms with van der Waals surface area (Å²) in [6.45, 7) is 2.39. The fraction of sp³-hybridized carbons (Fsp3) is 0.333. The lowest BCUT2D eigenvalue weighted by Crippen LogP contribution is -2.34. The van der Waals surface area contributed by atoms with Gasteiger partial charge >= 0.3 is 0 Å². The molecule has 3 aliphatic rings. The second-order valence-corrected chi connectivity index (χ2v) is 9.85. The van der Waals surface area contributed by atoms with Gasteiger partial charge in [0.2, 0.25) is 0 Å². The molecule has 1 amide bonds. The summed E-state index contributed by atoms with van der Waals surface area (Å²) in [6, 6.07) is 15.8. The Morgan fingerprint density at radius 1 is 0.971 bits per heavy atom. The molecule has 0 bridgehead atoms. The van der Waals surface area contributed by atoms with Crippen molar-refractivity contribution in [3.63, 3.8) is 0 Å². The van der Waals surface area contributed by atoms with Crippen LogP contribution in [0.2, 0.25) is 0 Å². The Morgan fingerprint density at radius 2 is 1.77 bits per heavy atom. The fourth-order valence-corrected chi connectivity index (χ4v) is 5.66. The zero-order valence-corrected chi connectivity index (χ0v) is 19.9. The number of likely N-dealkylation sites (tertiary alicyclic amines) is 1. The molecule has 1 saturated heterocycles. The number of Topliss-reactive ketones (excluding diaryl/α,β-unsaturated/α-hetero) is 1. The Labute approximate surface area is 205 Å². The van der Waals surface area contributed by atoms with Crippen molar-refractivity contribution in [1.82, 2.24) is 4.90 Å². The summed E-state index contributed by atoms with van der Waals surface area (Å²) < 4.78 is 6.37. The molecule has 1 aromatic heterocycles. The number of piperidine rings is 1. The van der Waals surface area contributed by atoms with Gasteiger partial charge < -0.3 is 9.73 Å². The Kier molecular flexibility index (Phi) is 5.86. The van der Waals surface area contributed by atoms with Crippen LogP contribution in [0.5, 0.6) is 0 Å². The first-order valence-corrected chi connectivity index (χ1v) is 12.8. The third-order valence-electron chi connectivity index (χ3n) is 7.48. The van der Waals surface area contributed by atoms with E-state index in [1.807, 2.05) is 42.5 Å². The van der Waals surface area contributed by atoms with Crippen LogP contribution in [0.1, 0.15) is 65.1 Å². The molecule has 1 fully saturated rings. The molecule has 0 saturated carbocycles. The number of nitrogens with zero attached hydrogens (tertiary/aromatic N) is 1. The average Bonchev–Trinajstić information content (AvgIpc) is 3.41. The minimum atomic E-state index is -0.158. The predicted octanol–water partition coefficient (Wildman–Crippen LogP) is 5.99. The number of amides is 1. The quantitative estimate of drug-likeness (QED) is 0.371. The number of hydrogen-bond donors (Lipinski definition) is 1. The minimum Gasteiger partial charge on any atom is -0.461 e. The highest BCUT2D eigenvalue weighted by molar-refractivity contribution is 6.35. The second-order valence-electron chi connectivity index (χ2n) is 9.85. The van der Waals surface area contributed by atoms with E-state index in [1.165, 1.54) is 12.0 Å². The van der Waals surface area contributed by atoms with E-state index in [9.17, 15) is 9.59 Å². The number of nitrogens with one attached hydrogen (secondary N) is 1. The molecule has 0 radical (unpaired) electrons. The molecule has 5 nitrogen and oxygen atoms in total. The number of ketones is 1. The summed E-state index contributed by atoms with van der Waals surface area (Å²) >= 11 is 0. The third kappa shape index (κ3) is 4.25. The number of fused-ring (bicyclic) bond motifs is 2. The Balaban J connectivity index is 1.38. The van der Waals surface area contributed by atoms with E-state index in [1.54, 1.807) is 0 Å². The minimum absolute atomic E-state index is 0.104. The van der Waals surface area contributed by atoms with Crippen molar-refractivity contribution < 1.29 is 14.0 Å². The van der Waals surface area contributed by atoms with E-state index >= 15 is 0 Å². The van der Waals surface area contributed by atoms with Crippen LogP contribution in [0.3, 0.4) is 0 Å². The predicted molar refractivity (Wildman–Crippen MR) is 138 cm³/mol. The lowest BCUT2D eigenvalue weighted by atomic mass is 9.91. The van der Waals surface area contributed by atoms with Gasteiger partial charge in [-0.25, -0.2) is 0 Å². The van der Waals surface area contributed by atoms with E-state index < -0.39 is 0 Å². The molecular weight excluding hydrogens is 436 g/mol. The van der Waals surface area contributed by atoms with Gasteiger partial charge in [-0.1, -0.05) is 36.8 Å². The first-order chi connectivity index (χ1) is 17.2.